The molecule has 1 N–H and O–H groups in total. The largest absolute Gasteiger partial charge is 0.428 e. The number of pyridine rings is 1. The number of hydrogen-bond donors (Lipinski definition) is 1. The number of nitrogens with zero attached hydrogens (tertiary/aromatic N) is 5. The second kappa shape index (κ2) is 6.91. The van der Waals surface area contributed by atoms with Gasteiger partial charge in [-0.2, -0.15) is 14.3 Å². The molecule has 8 nitrogen and oxygen atoms in total. The highest BCUT2D eigenvalue weighted by Crippen LogP contribution is 2.30. The van der Waals surface area contributed by atoms with Crippen LogP contribution in [0.5, 0.6) is 0 Å². The highest BCUT2D eigenvalue weighted by molar-refractivity contribution is 7.89. The quantitative estimate of drug-likeness (QED) is 0.676. The Bertz CT molecular complexity index is 1170. The van der Waals surface area contributed by atoms with E-state index in [1.807, 2.05) is 7.05 Å². The average Bonchev–Trinajstić information content (AvgIpc) is 3.04. The molecule has 3 aromatic rings. The predicted octanol–water partition coefficient (Wildman–Crippen LogP) is 1.75. The van der Waals surface area contributed by atoms with Crippen molar-refractivity contribution in [3.05, 3.63) is 48.3 Å². The van der Waals surface area contributed by atoms with Crippen LogP contribution in [0, 0.1) is 11.3 Å². The molecule has 4 rings (SSSR count). The minimum atomic E-state index is -3.59. The lowest BCUT2D eigenvalue weighted by molar-refractivity contribution is 0.200. The van der Waals surface area contributed by atoms with Gasteiger partial charge in [-0.15, -0.1) is 0 Å². The van der Waals surface area contributed by atoms with Crippen molar-refractivity contribution in [2.75, 3.05) is 33.2 Å². The third kappa shape index (κ3) is 3.11. The molecule has 0 radical (unpaired) electrons. The van der Waals surface area contributed by atoms with Gasteiger partial charge in [-0.25, -0.2) is 8.42 Å². The Hall–Kier alpha value is -2.93. The van der Waals surface area contributed by atoms with Crippen molar-refractivity contribution < 1.29 is 13.6 Å². The Balaban J connectivity index is 1.69. The summed E-state index contributed by atoms with van der Waals surface area (Å²) in [6, 6.07) is 10.2. The molecule has 1 aliphatic heterocycles. The van der Waals surface area contributed by atoms with Crippen molar-refractivity contribution in [2.45, 2.75) is 4.90 Å². The fraction of sp³-hybridized carbons (Fsp3) is 0.263. The van der Waals surface area contributed by atoms with Gasteiger partial charge in [0.2, 0.25) is 10.0 Å². The molecule has 1 aliphatic rings. The van der Waals surface area contributed by atoms with Gasteiger partial charge in [0.05, 0.1) is 29.0 Å². The van der Waals surface area contributed by atoms with E-state index in [1.165, 1.54) is 22.8 Å². The maximum atomic E-state index is 12.8. The van der Waals surface area contributed by atoms with Crippen LogP contribution >= 0.6 is 0 Å². The summed E-state index contributed by atoms with van der Waals surface area (Å²) in [5, 5.41) is 19.9. The van der Waals surface area contributed by atoms with Crippen molar-refractivity contribution in [3.8, 4) is 17.3 Å². The molecular formula is C19H19N5O3S. The van der Waals surface area contributed by atoms with Gasteiger partial charge in [-0.1, -0.05) is 0 Å². The van der Waals surface area contributed by atoms with Crippen LogP contribution in [-0.2, 0) is 10.0 Å². The average molecular weight is 397 g/mol. The zero-order valence-corrected chi connectivity index (χ0v) is 16.1. The standard InChI is InChI=1S/C19H19N5O3S/c1-22-6-8-23(9-7-22)28(26,27)15-3-4-18(21-12-15)17-13-24(25)19-5-2-14(11-20)10-16(17)19/h2-5,10,12-13,25H,6-9H2,1H3. The fourth-order valence-electron chi connectivity index (χ4n) is 3.36. The number of benzene rings is 1. The molecule has 0 unspecified atom stereocenters. The zero-order valence-electron chi connectivity index (χ0n) is 15.3. The van der Waals surface area contributed by atoms with E-state index in [0.29, 0.717) is 53.9 Å². The van der Waals surface area contributed by atoms with Crippen molar-refractivity contribution in [1.82, 2.24) is 18.9 Å². The monoisotopic (exact) mass is 397 g/mol. The summed E-state index contributed by atoms with van der Waals surface area (Å²) in [6.07, 6.45) is 2.85. The Morgan fingerprint density at radius 1 is 1.14 bits per heavy atom. The summed E-state index contributed by atoms with van der Waals surface area (Å²) in [5.41, 5.74) is 2.16. The topological polar surface area (TPSA) is 102 Å². The van der Waals surface area contributed by atoms with E-state index in [1.54, 1.807) is 24.3 Å². The number of fused-ring (bicyclic) bond motifs is 1. The van der Waals surface area contributed by atoms with Crippen LogP contribution in [0.4, 0.5) is 0 Å². The molecule has 0 atom stereocenters. The summed E-state index contributed by atoms with van der Waals surface area (Å²) in [5.74, 6) is 0. The number of piperazine rings is 1. The third-order valence-electron chi connectivity index (χ3n) is 5.03. The molecular weight excluding hydrogens is 378 g/mol. The van der Waals surface area contributed by atoms with Gasteiger partial charge in [0.25, 0.3) is 0 Å². The first kappa shape index (κ1) is 18.4. The maximum absolute atomic E-state index is 12.8. The van der Waals surface area contributed by atoms with E-state index in [0.717, 1.165) is 4.73 Å². The van der Waals surface area contributed by atoms with E-state index >= 15 is 0 Å². The highest BCUT2D eigenvalue weighted by atomic mass is 32.2. The van der Waals surface area contributed by atoms with Crippen molar-refractivity contribution in [1.29, 1.82) is 5.26 Å². The van der Waals surface area contributed by atoms with Crippen LogP contribution in [0.25, 0.3) is 22.2 Å². The fourth-order valence-corrected chi connectivity index (χ4v) is 4.72. The number of likely N-dealkylation sites (N-methyl/N-ethyl adjacent to an activating group) is 1. The molecule has 144 valence electrons. The normalized spacial score (nSPS) is 16.3. The van der Waals surface area contributed by atoms with E-state index in [9.17, 15) is 13.6 Å². The molecule has 1 saturated heterocycles. The van der Waals surface area contributed by atoms with Gasteiger partial charge >= 0.3 is 0 Å². The summed E-state index contributed by atoms with van der Waals surface area (Å²) < 4.78 is 28.1. The highest BCUT2D eigenvalue weighted by Gasteiger charge is 2.27. The second-order valence-corrected chi connectivity index (χ2v) is 8.76. The summed E-state index contributed by atoms with van der Waals surface area (Å²) in [6.45, 7) is 2.30. The molecule has 1 aromatic carbocycles. The number of rotatable bonds is 3. The first-order valence-electron chi connectivity index (χ1n) is 8.80. The Morgan fingerprint density at radius 3 is 2.54 bits per heavy atom. The van der Waals surface area contributed by atoms with Gasteiger partial charge < -0.3 is 10.1 Å². The summed E-state index contributed by atoms with van der Waals surface area (Å²) >= 11 is 0. The number of nitriles is 1. The van der Waals surface area contributed by atoms with Crippen LogP contribution in [0.15, 0.2) is 47.6 Å². The molecule has 0 saturated carbocycles. The van der Waals surface area contributed by atoms with Gasteiger partial charge in [0, 0.05) is 43.3 Å². The zero-order chi connectivity index (χ0) is 19.9. The molecule has 0 aliphatic carbocycles. The van der Waals surface area contributed by atoms with Crippen LogP contribution in [0.2, 0.25) is 0 Å². The minimum Gasteiger partial charge on any atom is -0.428 e. The Kier molecular flexibility index (Phi) is 4.55. The van der Waals surface area contributed by atoms with E-state index in [4.69, 9.17) is 5.26 Å². The summed E-state index contributed by atoms with van der Waals surface area (Å²) in [4.78, 5) is 6.56. The molecule has 0 amide bonds. The molecule has 9 heteroatoms. The summed E-state index contributed by atoms with van der Waals surface area (Å²) in [7, 11) is -1.62. The van der Waals surface area contributed by atoms with Crippen LogP contribution < -0.4 is 0 Å². The molecule has 1 fully saturated rings. The van der Waals surface area contributed by atoms with Crippen molar-refractivity contribution >= 4 is 20.9 Å². The number of sulfonamides is 1. The van der Waals surface area contributed by atoms with Crippen LogP contribution in [0.1, 0.15) is 5.56 Å². The van der Waals surface area contributed by atoms with Crippen LogP contribution in [0.3, 0.4) is 0 Å². The van der Waals surface area contributed by atoms with Crippen molar-refractivity contribution in [2.24, 2.45) is 0 Å². The minimum absolute atomic E-state index is 0.145. The Labute approximate surface area is 162 Å². The van der Waals surface area contributed by atoms with E-state index < -0.39 is 10.0 Å². The van der Waals surface area contributed by atoms with Crippen molar-refractivity contribution in [3.63, 3.8) is 0 Å². The van der Waals surface area contributed by atoms with E-state index in [2.05, 4.69) is 16.0 Å². The third-order valence-corrected chi connectivity index (χ3v) is 6.91. The Morgan fingerprint density at radius 2 is 1.89 bits per heavy atom. The smallest absolute Gasteiger partial charge is 0.244 e. The molecule has 28 heavy (non-hydrogen) atoms. The van der Waals surface area contributed by atoms with Gasteiger partial charge in [0.1, 0.15) is 4.90 Å². The lowest BCUT2D eigenvalue weighted by Crippen LogP contribution is -2.47. The molecule has 2 aromatic heterocycles. The van der Waals surface area contributed by atoms with Gasteiger partial charge in [-0.05, 0) is 37.4 Å². The van der Waals surface area contributed by atoms with E-state index in [-0.39, 0.29) is 4.90 Å². The SMILES string of the molecule is CN1CCN(S(=O)(=O)c2ccc(-c3cn(O)c4ccc(C#N)cc34)nc2)CC1. The molecule has 0 spiro atoms. The lowest BCUT2D eigenvalue weighted by Gasteiger charge is -2.31. The van der Waals surface area contributed by atoms with Gasteiger partial charge in [0.15, 0.2) is 0 Å². The number of hydrogen-bond acceptors (Lipinski definition) is 6. The number of aromatic nitrogens is 2. The lowest BCUT2D eigenvalue weighted by atomic mass is 10.1. The molecule has 0 bridgehead atoms. The predicted molar refractivity (Wildman–Crippen MR) is 103 cm³/mol. The maximum Gasteiger partial charge on any atom is 0.244 e. The van der Waals surface area contributed by atoms with Crippen LogP contribution in [-0.4, -0.2) is 65.8 Å². The molecule has 3 heterocycles. The first-order valence-corrected chi connectivity index (χ1v) is 10.2. The van der Waals surface area contributed by atoms with Gasteiger partial charge in [-0.3, -0.25) is 4.98 Å². The second-order valence-electron chi connectivity index (χ2n) is 6.82. The first-order chi connectivity index (χ1) is 13.4.